The van der Waals surface area contributed by atoms with Crippen molar-refractivity contribution in [2.24, 2.45) is 5.10 Å². The Morgan fingerprint density at radius 1 is 1.31 bits per heavy atom. The molecule has 1 atom stereocenters. The van der Waals surface area contributed by atoms with Crippen LogP contribution >= 0.6 is 0 Å². The summed E-state index contributed by atoms with van der Waals surface area (Å²) in [5.41, 5.74) is 0.693. The van der Waals surface area contributed by atoms with Crippen LogP contribution in [0.3, 0.4) is 0 Å². The Kier molecular flexibility index (Phi) is 6.01. The Hall–Kier alpha value is -2.42. The molecule has 0 fully saturated rings. The Bertz CT molecular complexity index is 805. The summed E-state index contributed by atoms with van der Waals surface area (Å²) in [5, 5.41) is 15.0. The number of sulfone groups is 1. The van der Waals surface area contributed by atoms with Crippen LogP contribution in [-0.2, 0) is 19.4 Å². The number of amides is 1. The Balaban J connectivity index is 2.27. The van der Waals surface area contributed by atoms with E-state index in [2.05, 4.69) is 5.10 Å². The van der Waals surface area contributed by atoms with E-state index in [1.165, 1.54) is 9.91 Å². The van der Waals surface area contributed by atoms with Crippen molar-refractivity contribution < 1.29 is 23.1 Å². The standard InChI is InChI=1S/C17H23N3O5S/c1-12(2)19(9-10-26(3,24)25)16(21)14-11-15(17(22)23)20(18-14)13-7-5-4-6-8-13/h4-8,12,15H,9-11H2,1-3H3,(H,22,23). The van der Waals surface area contributed by atoms with Gasteiger partial charge in [-0.3, -0.25) is 9.80 Å². The first-order chi connectivity index (χ1) is 12.1. The summed E-state index contributed by atoms with van der Waals surface area (Å²) in [6, 6.07) is 7.55. The van der Waals surface area contributed by atoms with Gasteiger partial charge in [0.1, 0.15) is 15.5 Å². The molecular formula is C17H23N3O5S. The minimum Gasteiger partial charge on any atom is -0.480 e. The molecule has 0 bridgehead atoms. The van der Waals surface area contributed by atoms with Crippen LogP contribution in [0.15, 0.2) is 35.4 Å². The van der Waals surface area contributed by atoms with Crippen LogP contribution in [-0.4, -0.2) is 66.6 Å². The lowest BCUT2D eigenvalue weighted by Crippen LogP contribution is -2.43. The third kappa shape index (κ3) is 4.81. The van der Waals surface area contributed by atoms with Crippen molar-refractivity contribution in [1.82, 2.24) is 4.90 Å². The lowest BCUT2D eigenvalue weighted by Gasteiger charge is -2.26. The minimum atomic E-state index is -3.23. The summed E-state index contributed by atoms with van der Waals surface area (Å²) >= 11 is 0. The average Bonchev–Trinajstić information content (AvgIpc) is 3.00. The van der Waals surface area contributed by atoms with Crippen molar-refractivity contribution in [3.63, 3.8) is 0 Å². The van der Waals surface area contributed by atoms with Crippen LogP contribution in [0, 0.1) is 0 Å². The van der Waals surface area contributed by atoms with Crippen molar-refractivity contribution in [1.29, 1.82) is 0 Å². The molecule has 9 heteroatoms. The number of hydrogen-bond acceptors (Lipinski definition) is 6. The Morgan fingerprint density at radius 3 is 2.42 bits per heavy atom. The highest BCUT2D eigenvalue weighted by Crippen LogP contribution is 2.25. The molecule has 1 aromatic carbocycles. The van der Waals surface area contributed by atoms with E-state index in [-0.39, 0.29) is 30.5 Å². The van der Waals surface area contributed by atoms with Gasteiger partial charge in [0.2, 0.25) is 0 Å². The maximum Gasteiger partial charge on any atom is 0.328 e. The summed E-state index contributed by atoms with van der Waals surface area (Å²) in [7, 11) is -3.23. The summed E-state index contributed by atoms with van der Waals surface area (Å²) in [5.74, 6) is -1.67. The van der Waals surface area contributed by atoms with Gasteiger partial charge >= 0.3 is 5.97 Å². The molecule has 1 N–H and O–H groups in total. The number of hydrazone groups is 1. The predicted octanol–water partition coefficient (Wildman–Crippen LogP) is 0.987. The third-order valence-electron chi connectivity index (χ3n) is 4.05. The molecule has 142 valence electrons. The molecular weight excluding hydrogens is 358 g/mol. The zero-order chi connectivity index (χ0) is 19.5. The number of carbonyl (C=O) groups is 2. The molecule has 1 aliphatic rings. The molecule has 1 amide bonds. The topological polar surface area (TPSA) is 107 Å². The van der Waals surface area contributed by atoms with Crippen molar-refractivity contribution >= 4 is 33.1 Å². The highest BCUT2D eigenvalue weighted by atomic mass is 32.2. The SMILES string of the molecule is CC(C)N(CCS(C)(=O)=O)C(=O)C1=NN(c2ccccc2)C(C(=O)O)C1. The summed E-state index contributed by atoms with van der Waals surface area (Å²) in [6.45, 7) is 3.59. The molecule has 1 aliphatic heterocycles. The van der Waals surface area contributed by atoms with Crippen molar-refractivity contribution in [2.45, 2.75) is 32.4 Å². The van der Waals surface area contributed by atoms with Crippen molar-refractivity contribution in [2.75, 3.05) is 23.6 Å². The Morgan fingerprint density at radius 2 is 1.92 bits per heavy atom. The second-order valence-corrected chi connectivity index (χ2v) is 8.77. The largest absolute Gasteiger partial charge is 0.480 e. The van der Waals surface area contributed by atoms with Gasteiger partial charge in [0, 0.05) is 25.3 Å². The fourth-order valence-electron chi connectivity index (χ4n) is 2.67. The summed E-state index contributed by atoms with van der Waals surface area (Å²) in [4.78, 5) is 25.8. The molecule has 1 heterocycles. The lowest BCUT2D eigenvalue weighted by atomic mass is 10.1. The van der Waals surface area contributed by atoms with Crippen molar-refractivity contribution in [3.05, 3.63) is 30.3 Å². The van der Waals surface area contributed by atoms with E-state index in [1.54, 1.807) is 44.2 Å². The zero-order valence-electron chi connectivity index (χ0n) is 15.0. The normalized spacial score (nSPS) is 17.3. The van der Waals surface area contributed by atoms with Gasteiger partial charge in [-0.1, -0.05) is 18.2 Å². The van der Waals surface area contributed by atoms with E-state index in [4.69, 9.17) is 0 Å². The highest BCUT2D eigenvalue weighted by Gasteiger charge is 2.38. The Labute approximate surface area is 153 Å². The van der Waals surface area contributed by atoms with Crippen LogP contribution in [0.5, 0.6) is 0 Å². The maximum absolute atomic E-state index is 12.8. The molecule has 0 saturated heterocycles. The fraction of sp³-hybridized carbons (Fsp3) is 0.471. The second-order valence-electron chi connectivity index (χ2n) is 6.51. The molecule has 2 rings (SSSR count). The number of carboxylic acids is 1. The van der Waals surface area contributed by atoms with Crippen LogP contribution in [0.2, 0.25) is 0 Å². The van der Waals surface area contributed by atoms with Gasteiger partial charge in [-0.05, 0) is 26.0 Å². The smallest absolute Gasteiger partial charge is 0.328 e. The van der Waals surface area contributed by atoms with Gasteiger partial charge in [-0.2, -0.15) is 5.10 Å². The number of anilines is 1. The number of aliphatic carboxylic acids is 1. The molecule has 26 heavy (non-hydrogen) atoms. The minimum absolute atomic E-state index is 0.0366. The zero-order valence-corrected chi connectivity index (χ0v) is 15.8. The summed E-state index contributed by atoms with van der Waals surface area (Å²) in [6.07, 6.45) is 1.08. The molecule has 0 radical (unpaired) electrons. The average molecular weight is 381 g/mol. The highest BCUT2D eigenvalue weighted by molar-refractivity contribution is 7.90. The second kappa shape index (κ2) is 7.86. The molecule has 1 unspecified atom stereocenters. The fourth-order valence-corrected chi connectivity index (χ4v) is 3.20. The van der Waals surface area contributed by atoms with Gasteiger partial charge in [0.25, 0.3) is 5.91 Å². The van der Waals surface area contributed by atoms with E-state index in [0.717, 1.165) is 6.26 Å². The van der Waals surface area contributed by atoms with E-state index in [9.17, 15) is 23.1 Å². The van der Waals surface area contributed by atoms with Gasteiger partial charge in [-0.15, -0.1) is 0 Å². The maximum atomic E-state index is 12.8. The first kappa shape index (κ1) is 19.9. The van der Waals surface area contributed by atoms with Gasteiger partial charge in [0.15, 0.2) is 6.04 Å². The molecule has 0 spiro atoms. The number of benzene rings is 1. The van der Waals surface area contributed by atoms with Crippen LogP contribution < -0.4 is 5.01 Å². The lowest BCUT2D eigenvalue weighted by molar-refractivity contribution is -0.138. The van der Waals surface area contributed by atoms with Crippen LogP contribution in [0.4, 0.5) is 5.69 Å². The van der Waals surface area contributed by atoms with E-state index >= 15 is 0 Å². The number of hydrogen-bond donors (Lipinski definition) is 1. The number of carboxylic acid groups (broad SMARTS) is 1. The number of nitrogens with zero attached hydrogens (tertiary/aromatic N) is 3. The predicted molar refractivity (Wildman–Crippen MR) is 99.0 cm³/mol. The molecule has 0 aliphatic carbocycles. The molecule has 0 saturated carbocycles. The van der Waals surface area contributed by atoms with E-state index in [0.29, 0.717) is 5.69 Å². The number of rotatable bonds is 7. The first-order valence-electron chi connectivity index (χ1n) is 8.23. The third-order valence-corrected chi connectivity index (χ3v) is 4.97. The first-order valence-corrected chi connectivity index (χ1v) is 10.3. The monoisotopic (exact) mass is 381 g/mol. The van der Waals surface area contributed by atoms with Gasteiger partial charge in [-0.25, -0.2) is 13.2 Å². The van der Waals surface area contributed by atoms with E-state index < -0.39 is 27.8 Å². The van der Waals surface area contributed by atoms with Gasteiger partial charge < -0.3 is 10.0 Å². The van der Waals surface area contributed by atoms with Crippen LogP contribution in [0.1, 0.15) is 20.3 Å². The van der Waals surface area contributed by atoms with Crippen molar-refractivity contribution in [3.8, 4) is 0 Å². The quantitative estimate of drug-likeness (QED) is 0.755. The number of carbonyl (C=O) groups excluding carboxylic acids is 1. The van der Waals surface area contributed by atoms with Crippen LogP contribution in [0.25, 0.3) is 0 Å². The number of para-hydroxylation sites is 1. The molecule has 0 aromatic heterocycles. The summed E-state index contributed by atoms with van der Waals surface area (Å²) < 4.78 is 22.9. The van der Waals surface area contributed by atoms with Gasteiger partial charge in [0.05, 0.1) is 11.4 Å². The molecule has 1 aromatic rings. The van der Waals surface area contributed by atoms with E-state index in [1.807, 2.05) is 0 Å². The molecule has 8 nitrogen and oxygen atoms in total.